The lowest BCUT2D eigenvalue weighted by Gasteiger charge is -2.30. The van der Waals surface area contributed by atoms with Crippen LogP contribution in [0.25, 0.3) is 0 Å². The van der Waals surface area contributed by atoms with Crippen LogP contribution in [-0.4, -0.2) is 28.7 Å². The number of nitrogens with zero attached hydrogens (tertiary/aromatic N) is 3. The van der Waals surface area contributed by atoms with E-state index in [-0.39, 0.29) is 12.4 Å². The number of hydrogen-bond donors (Lipinski definition) is 1. The van der Waals surface area contributed by atoms with Crippen molar-refractivity contribution in [2.75, 3.05) is 18.0 Å². The molecule has 2 heterocycles. The summed E-state index contributed by atoms with van der Waals surface area (Å²) in [4.78, 5) is 6.61. The molecule has 5 heteroatoms. The number of aryl methyl sites for hydroxylation is 1. The van der Waals surface area contributed by atoms with Gasteiger partial charge >= 0.3 is 0 Å². The summed E-state index contributed by atoms with van der Waals surface area (Å²) in [5, 5.41) is 0. The maximum absolute atomic E-state index is 5.83. The SMILES string of the molecule is Cl.Cn1ccnc1N1CCC(N)CC1. The second-order valence-electron chi connectivity index (χ2n) is 3.66. The van der Waals surface area contributed by atoms with Crippen molar-refractivity contribution in [2.24, 2.45) is 12.8 Å². The first kappa shape index (κ1) is 11.3. The van der Waals surface area contributed by atoms with Crippen molar-refractivity contribution in [1.29, 1.82) is 0 Å². The monoisotopic (exact) mass is 216 g/mol. The Hall–Kier alpha value is -0.740. The standard InChI is InChI=1S/C9H16N4.ClH/c1-12-7-4-11-9(12)13-5-2-8(10)3-6-13;/h4,7-8H,2-3,5-6,10H2,1H3;1H. The average Bonchev–Trinajstić information content (AvgIpc) is 2.53. The van der Waals surface area contributed by atoms with Crippen LogP contribution in [0.5, 0.6) is 0 Å². The normalized spacial score (nSPS) is 18.0. The Morgan fingerprint density at radius 2 is 2.07 bits per heavy atom. The Bertz CT molecular complexity index is 278. The van der Waals surface area contributed by atoms with E-state index in [1.54, 1.807) is 0 Å². The van der Waals surface area contributed by atoms with Gasteiger partial charge < -0.3 is 15.2 Å². The van der Waals surface area contributed by atoms with Crippen LogP contribution >= 0.6 is 12.4 Å². The maximum atomic E-state index is 5.83. The van der Waals surface area contributed by atoms with Crippen molar-refractivity contribution >= 4 is 18.4 Å². The molecule has 0 radical (unpaired) electrons. The van der Waals surface area contributed by atoms with Gasteiger partial charge in [-0.25, -0.2) is 4.98 Å². The van der Waals surface area contributed by atoms with Gasteiger partial charge in [-0.05, 0) is 12.8 Å². The molecule has 0 amide bonds. The summed E-state index contributed by atoms with van der Waals surface area (Å²) in [7, 11) is 2.02. The summed E-state index contributed by atoms with van der Waals surface area (Å²) in [6.07, 6.45) is 5.97. The molecule has 0 unspecified atom stereocenters. The molecular formula is C9H17ClN4. The first-order valence-corrected chi connectivity index (χ1v) is 4.75. The molecule has 1 aromatic heterocycles. The maximum Gasteiger partial charge on any atom is 0.205 e. The summed E-state index contributed by atoms with van der Waals surface area (Å²) < 4.78 is 2.05. The van der Waals surface area contributed by atoms with E-state index in [4.69, 9.17) is 5.73 Å². The molecule has 0 atom stereocenters. The van der Waals surface area contributed by atoms with Gasteiger partial charge in [-0.1, -0.05) is 0 Å². The highest BCUT2D eigenvalue weighted by molar-refractivity contribution is 5.85. The zero-order valence-electron chi connectivity index (χ0n) is 8.39. The average molecular weight is 217 g/mol. The number of piperidine rings is 1. The molecule has 1 aliphatic heterocycles. The largest absolute Gasteiger partial charge is 0.342 e. The highest BCUT2D eigenvalue weighted by Gasteiger charge is 2.18. The van der Waals surface area contributed by atoms with Crippen molar-refractivity contribution in [3.8, 4) is 0 Å². The van der Waals surface area contributed by atoms with E-state index in [2.05, 4.69) is 14.5 Å². The number of rotatable bonds is 1. The third kappa shape index (κ3) is 2.19. The molecule has 2 N–H and O–H groups in total. The van der Waals surface area contributed by atoms with Gasteiger partial charge in [0.1, 0.15) is 0 Å². The van der Waals surface area contributed by atoms with Crippen LogP contribution in [0.3, 0.4) is 0 Å². The molecule has 0 saturated carbocycles. The van der Waals surface area contributed by atoms with Crippen molar-refractivity contribution in [2.45, 2.75) is 18.9 Å². The summed E-state index contributed by atoms with van der Waals surface area (Å²) in [6.45, 7) is 2.07. The summed E-state index contributed by atoms with van der Waals surface area (Å²) in [6, 6.07) is 0.386. The van der Waals surface area contributed by atoms with Crippen LogP contribution in [-0.2, 0) is 7.05 Å². The van der Waals surface area contributed by atoms with Gasteiger partial charge in [0.05, 0.1) is 0 Å². The Balaban J connectivity index is 0.000000980. The Kier molecular flexibility index (Phi) is 3.77. The molecular weight excluding hydrogens is 200 g/mol. The highest BCUT2D eigenvalue weighted by Crippen LogP contribution is 2.15. The number of halogens is 1. The molecule has 0 bridgehead atoms. The number of imidazole rings is 1. The molecule has 1 fully saturated rings. The summed E-state index contributed by atoms with van der Waals surface area (Å²) >= 11 is 0. The molecule has 0 spiro atoms. The molecule has 2 rings (SSSR count). The number of nitrogens with two attached hydrogens (primary N) is 1. The summed E-state index contributed by atoms with van der Waals surface area (Å²) in [5.74, 6) is 1.06. The lowest BCUT2D eigenvalue weighted by molar-refractivity contribution is 0.492. The fourth-order valence-corrected chi connectivity index (χ4v) is 1.76. The van der Waals surface area contributed by atoms with Gasteiger partial charge in [0.15, 0.2) is 0 Å². The van der Waals surface area contributed by atoms with E-state index in [0.717, 1.165) is 31.9 Å². The van der Waals surface area contributed by atoms with Gasteiger partial charge in [-0.2, -0.15) is 0 Å². The van der Waals surface area contributed by atoms with Crippen LogP contribution in [0.2, 0.25) is 0 Å². The van der Waals surface area contributed by atoms with Gasteiger partial charge in [0.25, 0.3) is 0 Å². The van der Waals surface area contributed by atoms with E-state index in [9.17, 15) is 0 Å². The lowest BCUT2D eigenvalue weighted by atomic mass is 10.1. The van der Waals surface area contributed by atoms with Crippen molar-refractivity contribution < 1.29 is 0 Å². The quantitative estimate of drug-likeness (QED) is 0.755. The summed E-state index contributed by atoms with van der Waals surface area (Å²) in [5.41, 5.74) is 5.83. The smallest absolute Gasteiger partial charge is 0.205 e. The van der Waals surface area contributed by atoms with Crippen LogP contribution in [0.4, 0.5) is 5.95 Å². The topological polar surface area (TPSA) is 47.1 Å². The van der Waals surface area contributed by atoms with Gasteiger partial charge in [-0.15, -0.1) is 12.4 Å². The van der Waals surface area contributed by atoms with Crippen LogP contribution in [0.1, 0.15) is 12.8 Å². The molecule has 0 aliphatic carbocycles. The van der Waals surface area contributed by atoms with Gasteiger partial charge in [0, 0.05) is 38.6 Å². The minimum absolute atomic E-state index is 0. The fraction of sp³-hybridized carbons (Fsp3) is 0.667. The Morgan fingerprint density at radius 3 is 2.57 bits per heavy atom. The molecule has 80 valence electrons. The first-order chi connectivity index (χ1) is 6.27. The van der Waals surface area contributed by atoms with E-state index >= 15 is 0 Å². The molecule has 0 aromatic carbocycles. The molecule has 1 saturated heterocycles. The molecule has 14 heavy (non-hydrogen) atoms. The predicted octanol–water partition coefficient (Wildman–Crippen LogP) is 0.769. The fourth-order valence-electron chi connectivity index (χ4n) is 1.76. The molecule has 1 aliphatic rings. The van der Waals surface area contributed by atoms with Gasteiger partial charge in [-0.3, -0.25) is 0 Å². The minimum Gasteiger partial charge on any atom is -0.342 e. The van der Waals surface area contributed by atoms with Crippen molar-refractivity contribution in [3.05, 3.63) is 12.4 Å². The predicted molar refractivity (Wildman–Crippen MR) is 59.9 cm³/mol. The highest BCUT2D eigenvalue weighted by atomic mass is 35.5. The zero-order chi connectivity index (χ0) is 9.26. The van der Waals surface area contributed by atoms with Crippen LogP contribution in [0, 0.1) is 0 Å². The molecule has 4 nitrogen and oxygen atoms in total. The number of hydrogen-bond acceptors (Lipinski definition) is 3. The third-order valence-electron chi connectivity index (χ3n) is 2.62. The second-order valence-corrected chi connectivity index (χ2v) is 3.66. The van der Waals surface area contributed by atoms with E-state index in [0.29, 0.717) is 6.04 Å². The third-order valence-corrected chi connectivity index (χ3v) is 2.62. The molecule has 1 aromatic rings. The number of aromatic nitrogens is 2. The van der Waals surface area contributed by atoms with E-state index in [1.165, 1.54) is 0 Å². The first-order valence-electron chi connectivity index (χ1n) is 4.75. The Morgan fingerprint density at radius 1 is 1.43 bits per heavy atom. The zero-order valence-corrected chi connectivity index (χ0v) is 9.20. The minimum atomic E-state index is 0. The van der Waals surface area contributed by atoms with E-state index < -0.39 is 0 Å². The number of anilines is 1. The van der Waals surface area contributed by atoms with E-state index in [1.807, 2.05) is 19.4 Å². The van der Waals surface area contributed by atoms with Crippen LogP contribution in [0.15, 0.2) is 12.4 Å². The lowest BCUT2D eigenvalue weighted by Crippen LogP contribution is -2.40. The van der Waals surface area contributed by atoms with Gasteiger partial charge in [0.2, 0.25) is 5.95 Å². The van der Waals surface area contributed by atoms with Crippen LogP contribution < -0.4 is 10.6 Å². The second kappa shape index (κ2) is 4.66. The Labute approximate surface area is 90.5 Å². The van der Waals surface area contributed by atoms with Crippen molar-refractivity contribution in [1.82, 2.24) is 9.55 Å². The van der Waals surface area contributed by atoms with Crippen molar-refractivity contribution in [3.63, 3.8) is 0 Å².